The van der Waals surface area contributed by atoms with Crippen LogP contribution in [-0.4, -0.2) is 34.6 Å². The summed E-state index contributed by atoms with van der Waals surface area (Å²) in [5.41, 5.74) is 0.836. The van der Waals surface area contributed by atoms with Gasteiger partial charge < -0.3 is 10.1 Å². The first-order chi connectivity index (χ1) is 7.74. The molecule has 0 unspecified atom stereocenters. The van der Waals surface area contributed by atoms with Gasteiger partial charge in [-0.05, 0) is 25.8 Å². The van der Waals surface area contributed by atoms with Crippen LogP contribution in [0.5, 0.6) is 0 Å². The number of nitrogens with one attached hydrogen (secondary N) is 1. The maximum atomic E-state index is 6.05. The van der Waals surface area contributed by atoms with Crippen molar-refractivity contribution in [2.24, 2.45) is 0 Å². The second kappa shape index (κ2) is 4.97. The minimum Gasteiger partial charge on any atom is -0.381 e. The Morgan fingerprint density at radius 3 is 2.88 bits per heavy atom. The van der Waals surface area contributed by atoms with Crippen LogP contribution in [0.25, 0.3) is 0 Å². The fraction of sp³-hybridized carbons (Fsp3) is 0.636. The van der Waals surface area contributed by atoms with E-state index in [1.54, 1.807) is 6.20 Å². The lowest BCUT2D eigenvalue weighted by molar-refractivity contribution is 0.0665. The highest BCUT2D eigenvalue weighted by Gasteiger charge is 2.32. The van der Waals surface area contributed by atoms with E-state index in [0.29, 0.717) is 11.8 Å². The molecule has 0 spiro atoms. The van der Waals surface area contributed by atoms with Gasteiger partial charge in [0.05, 0.1) is 5.54 Å². The molecule has 1 aromatic rings. The normalized spacial score (nSPS) is 19.4. The number of ether oxygens (including phenoxy) is 1. The minimum absolute atomic E-state index is 0.117. The van der Waals surface area contributed by atoms with Crippen LogP contribution >= 0.6 is 11.6 Å². The van der Waals surface area contributed by atoms with Crippen molar-refractivity contribution in [1.29, 1.82) is 0 Å². The number of aromatic nitrogens is 2. The number of anilines is 1. The van der Waals surface area contributed by atoms with E-state index in [-0.39, 0.29) is 5.54 Å². The van der Waals surface area contributed by atoms with Crippen LogP contribution < -0.4 is 5.32 Å². The predicted molar refractivity (Wildman–Crippen MR) is 63.9 cm³/mol. The van der Waals surface area contributed by atoms with E-state index in [9.17, 15) is 0 Å². The van der Waals surface area contributed by atoms with Crippen LogP contribution in [0.3, 0.4) is 0 Å². The van der Waals surface area contributed by atoms with Crippen molar-refractivity contribution in [1.82, 2.24) is 9.97 Å². The van der Waals surface area contributed by atoms with Crippen LogP contribution in [0, 0.1) is 6.92 Å². The lowest BCUT2D eigenvalue weighted by Crippen LogP contribution is -2.45. The van der Waals surface area contributed by atoms with Gasteiger partial charge >= 0.3 is 0 Å². The van der Waals surface area contributed by atoms with Crippen molar-refractivity contribution < 1.29 is 4.74 Å². The lowest BCUT2D eigenvalue weighted by Gasteiger charge is -2.36. The van der Waals surface area contributed by atoms with Gasteiger partial charge in [0, 0.05) is 31.0 Å². The zero-order valence-corrected chi connectivity index (χ0v) is 10.1. The number of rotatable bonds is 3. The summed E-state index contributed by atoms with van der Waals surface area (Å²) >= 11 is 6.05. The van der Waals surface area contributed by atoms with Crippen molar-refractivity contribution >= 4 is 17.5 Å². The summed E-state index contributed by atoms with van der Waals surface area (Å²) < 4.78 is 5.35. The van der Waals surface area contributed by atoms with Gasteiger partial charge in [-0.15, -0.1) is 11.6 Å². The summed E-state index contributed by atoms with van der Waals surface area (Å²) in [6.45, 7) is 3.43. The third-order valence-corrected chi connectivity index (χ3v) is 3.39. The summed E-state index contributed by atoms with van der Waals surface area (Å²) in [5, 5.41) is 3.35. The third-order valence-electron chi connectivity index (χ3n) is 2.88. The van der Waals surface area contributed by atoms with E-state index in [2.05, 4.69) is 15.3 Å². The van der Waals surface area contributed by atoms with E-state index < -0.39 is 0 Å². The van der Waals surface area contributed by atoms with Crippen molar-refractivity contribution in [3.8, 4) is 0 Å². The Morgan fingerprint density at radius 2 is 2.25 bits per heavy atom. The van der Waals surface area contributed by atoms with Crippen molar-refractivity contribution in [3.63, 3.8) is 0 Å². The Kier molecular flexibility index (Phi) is 3.61. The molecule has 0 aromatic carbocycles. The molecule has 0 saturated carbocycles. The molecule has 88 valence electrons. The topological polar surface area (TPSA) is 47.0 Å². The first-order valence-corrected chi connectivity index (χ1v) is 5.99. The predicted octanol–water partition coefficient (Wildman–Crippen LogP) is 1.98. The van der Waals surface area contributed by atoms with Gasteiger partial charge in [0.15, 0.2) is 0 Å². The van der Waals surface area contributed by atoms with Crippen LogP contribution in [0.2, 0.25) is 0 Å². The molecule has 0 amide bonds. The monoisotopic (exact) mass is 241 g/mol. The number of hydrogen-bond acceptors (Lipinski definition) is 4. The van der Waals surface area contributed by atoms with Gasteiger partial charge in [-0.1, -0.05) is 0 Å². The Bertz CT molecular complexity index is 353. The first-order valence-electron chi connectivity index (χ1n) is 5.46. The van der Waals surface area contributed by atoms with Crippen LogP contribution in [0.15, 0.2) is 12.3 Å². The average Bonchev–Trinajstić information content (AvgIpc) is 2.30. The molecule has 1 aliphatic rings. The van der Waals surface area contributed by atoms with Gasteiger partial charge in [0.2, 0.25) is 5.95 Å². The Morgan fingerprint density at radius 1 is 1.50 bits per heavy atom. The Balaban J connectivity index is 2.11. The maximum Gasteiger partial charge on any atom is 0.223 e. The fourth-order valence-electron chi connectivity index (χ4n) is 1.80. The highest BCUT2D eigenvalue weighted by atomic mass is 35.5. The zero-order valence-electron chi connectivity index (χ0n) is 9.37. The molecule has 16 heavy (non-hydrogen) atoms. The van der Waals surface area contributed by atoms with E-state index in [1.807, 2.05) is 13.0 Å². The van der Waals surface area contributed by atoms with Gasteiger partial charge in [-0.25, -0.2) is 9.97 Å². The second-order valence-corrected chi connectivity index (χ2v) is 4.44. The van der Waals surface area contributed by atoms with Crippen molar-refractivity contribution in [3.05, 3.63) is 18.0 Å². The Labute approximate surface area is 100 Å². The molecule has 0 radical (unpaired) electrons. The number of aryl methyl sites for hydroxylation is 1. The molecule has 1 aromatic heterocycles. The van der Waals surface area contributed by atoms with E-state index >= 15 is 0 Å². The summed E-state index contributed by atoms with van der Waals surface area (Å²) in [4.78, 5) is 8.54. The van der Waals surface area contributed by atoms with Gasteiger partial charge in [0.25, 0.3) is 0 Å². The van der Waals surface area contributed by atoms with Gasteiger partial charge in [0.1, 0.15) is 0 Å². The van der Waals surface area contributed by atoms with Gasteiger partial charge in [-0.3, -0.25) is 0 Å². The molecule has 1 N–H and O–H groups in total. The molecule has 2 rings (SSSR count). The average molecular weight is 242 g/mol. The molecule has 1 saturated heterocycles. The minimum atomic E-state index is -0.117. The zero-order chi connectivity index (χ0) is 11.4. The van der Waals surface area contributed by atoms with Crippen LogP contribution in [0.1, 0.15) is 18.5 Å². The van der Waals surface area contributed by atoms with Crippen LogP contribution in [-0.2, 0) is 4.74 Å². The summed E-state index contributed by atoms with van der Waals surface area (Å²) in [6, 6.07) is 1.88. The molecular weight excluding hydrogens is 226 g/mol. The maximum absolute atomic E-state index is 6.05. The summed E-state index contributed by atoms with van der Waals surface area (Å²) in [7, 11) is 0. The Hall–Kier alpha value is -0.870. The quantitative estimate of drug-likeness (QED) is 0.823. The number of nitrogens with zero attached hydrogens (tertiary/aromatic N) is 2. The number of hydrogen-bond donors (Lipinski definition) is 1. The molecular formula is C11H16ClN3O. The molecule has 5 heteroatoms. The third kappa shape index (κ3) is 2.62. The highest BCUT2D eigenvalue weighted by molar-refractivity contribution is 6.18. The van der Waals surface area contributed by atoms with Crippen molar-refractivity contribution in [2.75, 3.05) is 24.4 Å². The molecule has 0 atom stereocenters. The van der Waals surface area contributed by atoms with Crippen molar-refractivity contribution in [2.45, 2.75) is 25.3 Å². The molecule has 1 aliphatic heterocycles. The highest BCUT2D eigenvalue weighted by Crippen LogP contribution is 2.25. The standard InChI is InChI=1S/C11H16ClN3O/c1-9-2-5-13-10(14-9)15-11(8-12)3-6-16-7-4-11/h2,5H,3-4,6-8H2,1H3,(H,13,14,15). The first kappa shape index (κ1) is 11.6. The molecule has 2 heterocycles. The fourth-order valence-corrected chi connectivity index (χ4v) is 2.13. The smallest absolute Gasteiger partial charge is 0.223 e. The molecule has 1 fully saturated rings. The van der Waals surface area contributed by atoms with E-state index in [0.717, 1.165) is 31.7 Å². The van der Waals surface area contributed by atoms with Crippen LogP contribution in [0.4, 0.5) is 5.95 Å². The molecule has 0 aliphatic carbocycles. The second-order valence-electron chi connectivity index (χ2n) is 4.17. The van der Waals surface area contributed by atoms with E-state index in [1.165, 1.54) is 0 Å². The largest absolute Gasteiger partial charge is 0.381 e. The molecule has 0 bridgehead atoms. The number of alkyl halides is 1. The molecule has 4 nitrogen and oxygen atoms in total. The summed E-state index contributed by atoms with van der Waals surface area (Å²) in [6.07, 6.45) is 3.55. The number of halogens is 1. The van der Waals surface area contributed by atoms with E-state index in [4.69, 9.17) is 16.3 Å². The van der Waals surface area contributed by atoms with Gasteiger partial charge in [-0.2, -0.15) is 0 Å². The lowest BCUT2D eigenvalue weighted by atomic mass is 9.92. The SMILES string of the molecule is Cc1ccnc(NC2(CCl)CCOCC2)n1. The summed E-state index contributed by atoms with van der Waals surface area (Å²) in [5.74, 6) is 1.20.